The van der Waals surface area contributed by atoms with E-state index in [1.54, 1.807) is 0 Å². The average Bonchev–Trinajstić information content (AvgIpc) is 2.36. The van der Waals surface area contributed by atoms with Gasteiger partial charge in [-0.1, -0.05) is 51.9 Å². The van der Waals surface area contributed by atoms with Crippen molar-refractivity contribution in [2.45, 2.75) is 83.7 Å². The molecule has 1 unspecified atom stereocenters. The highest BCUT2D eigenvalue weighted by molar-refractivity contribution is 5.68. The molecule has 0 rings (SSSR count). The molecule has 0 saturated heterocycles. The highest BCUT2D eigenvalue weighted by Crippen LogP contribution is 2.12. The Morgan fingerprint density at radius 3 is 2.11 bits per heavy atom. The third-order valence-corrected chi connectivity index (χ3v) is 3.27. The van der Waals surface area contributed by atoms with E-state index >= 15 is 0 Å². The van der Waals surface area contributed by atoms with Crippen LogP contribution in [0.1, 0.15) is 77.6 Å². The number of unbranched alkanes of at least 4 members (excludes halogenated alkanes) is 6. The number of carbonyl (C=O) groups is 1. The van der Waals surface area contributed by atoms with Crippen LogP contribution in [0.4, 0.5) is 0 Å². The molecule has 0 spiro atoms. The third kappa shape index (κ3) is 11.9. The Bertz CT molecular complexity index is 192. The number of methoxy groups -OCH3 is 1. The summed E-state index contributed by atoms with van der Waals surface area (Å²) in [6.45, 7) is 2.11. The molecular formula is C15H30O3. The van der Waals surface area contributed by atoms with Gasteiger partial charge in [0.1, 0.15) is 0 Å². The lowest BCUT2D eigenvalue weighted by Crippen LogP contribution is -2.04. The molecule has 0 amide bonds. The van der Waals surface area contributed by atoms with Crippen LogP contribution in [0, 0.1) is 0 Å². The minimum atomic E-state index is -0.0973. The van der Waals surface area contributed by atoms with Crippen molar-refractivity contribution in [1.82, 2.24) is 0 Å². The number of aliphatic hydroxyl groups is 1. The number of carbonyl (C=O) groups excluding carboxylic acids is 1. The molecule has 0 radical (unpaired) electrons. The van der Waals surface area contributed by atoms with Crippen LogP contribution >= 0.6 is 0 Å². The smallest absolute Gasteiger partial charge is 0.305 e. The fourth-order valence-corrected chi connectivity index (χ4v) is 2.11. The van der Waals surface area contributed by atoms with Gasteiger partial charge >= 0.3 is 5.97 Å². The lowest BCUT2D eigenvalue weighted by molar-refractivity contribution is -0.140. The van der Waals surface area contributed by atoms with E-state index in [0.29, 0.717) is 6.42 Å². The molecule has 1 atom stereocenters. The summed E-state index contributed by atoms with van der Waals surface area (Å²) in [5.74, 6) is -0.0973. The fourth-order valence-electron chi connectivity index (χ4n) is 2.11. The Balaban J connectivity index is 3.09. The average molecular weight is 258 g/mol. The van der Waals surface area contributed by atoms with E-state index in [2.05, 4.69) is 11.7 Å². The number of aliphatic hydroxyl groups excluding tert-OH is 1. The standard InChI is InChI=1S/C15H30O3/c1-3-11-14(16)12-9-7-5-4-6-8-10-13-15(17)18-2/h14,16H,3-13H2,1-2H3. The van der Waals surface area contributed by atoms with E-state index in [9.17, 15) is 9.90 Å². The largest absolute Gasteiger partial charge is 0.469 e. The van der Waals surface area contributed by atoms with Gasteiger partial charge in [-0.15, -0.1) is 0 Å². The summed E-state index contributed by atoms with van der Waals surface area (Å²) in [6.07, 6.45) is 11.5. The van der Waals surface area contributed by atoms with Crippen molar-refractivity contribution < 1.29 is 14.6 Å². The first-order chi connectivity index (χ1) is 8.70. The first-order valence-electron chi connectivity index (χ1n) is 7.45. The second kappa shape index (κ2) is 12.9. The summed E-state index contributed by atoms with van der Waals surface area (Å²) in [5.41, 5.74) is 0. The summed E-state index contributed by atoms with van der Waals surface area (Å²) in [7, 11) is 1.44. The molecule has 108 valence electrons. The first-order valence-corrected chi connectivity index (χ1v) is 7.45. The minimum Gasteiger partial charge on any atom is -0.469 e. The van der Waals surface area contributed by atoms with Gasteiger partial charge in [-0.05, 0) is 19.3 Å². The molecule has 0 fully saturated rings. The number of hydrogen-bond acceptors (Lipinski definition) is 3. The zero-order valence-electron chi connectivity index (χ0n) is 12.1. The van der Waals surface area contributed by atoms with Crippen molar-refractivity contribution in [3.63, 3.8) is 0 Å². The molecule has 3 heteroatoms. The van der Waals surface area contributed by atoms with Crippen LogP contribution < -0.4 is 0 Å². The maximum Gasteiger partial charge on any atom is 0.305 e. The van der Waals surface area contributed by atoms with Crippen LogP contribution in [-0.4, -0.2) is 24.3 Å². The Morgan fingerprint density at radius 2 is 1.56 bits per heavy atom. The summed E-state index contributed by atoms with van der Waals surface area (Å²) in [5, 5.41) is 9.55. The zero-order chi connectivity index (χ0) is 13.6. The zero-order valence-corrected chi connectivity index (χ0v) is 12.1. The van der Waals surface area contributed by atoms with Gasteiger partial charge in [0.2, 0.25) is 0 Å². The Morgan fingerprint density at radius 1 is 1.00 bits per heavy atom. The highest BCUT2D eigenvalue weighted by Gasteiger charge is 2.02. The van der Waals surface area contributed by atoms with Gasteiger partial charge in [-0.3, -0.25) is 4.79 Å². The van der Waals surface area contributed by atoms with Crippen molar-refractivity contribution in [1.29, 1.82) is 0 Å². The van der Waals surface area contributed by atoms with Crippen molar-refractivity contribution in [2.24, 2.45) is 0 Å². The third-order valence-electron chi connectivity index (χ3n) is 3.27. The van der Waals surface area contributed by atoms with Gasteiger partial charge in [-0.2, -0.15) is 0 Å². The van der Waals surface area contributed by atoms with Crippen molar-refractivity contribution >= 4 is 5.97 Å². The van der Waals surface area contributed by atoms with Gasteiger partial charge in [-0.25, -0.2) is 0 Å². The highest BCUT2D eigenvalue weighted by atomic mass is 16.5. The van der Waals surface area contributed by atoms with E-state index in [4.69, 9.17) is 0 Å². The monoisotopic (exact) mass is 258 g/mol. The molecule has 18 heavy (non-hydrogen) atoms. The summed E-state index contributed by atoms with van der Waals surface area (Å²) >= 11 is 0. The second-order valence-electron chi connectivity index (χ2n) is 5.03. The van der Waals surface area contributed by atoms with Crippen LogP contribution in [0.15, 0.2) is 0 Å². The SMILES string of the molecule is CCCC(O)CCCCCCCCCC(=O)OC. The van der Waals surface area contributed by atoms with Crippen LogP contribution in [0.25, 0.3) is 0 Å². The molecule has 0 aliphatic rings. The van der Waals surface area contributed by atoms with Crippen molar-refractivity contribution in [2.75, 3.05) is 7.11 Å². The molecular weight excluding hydrogens is 228 g/mol. The second-order valence-corrected chi connectivity index (χ2v) is 5.03. The number of rotatable bonds is 12. The molecule has 0 aromatic rings. The lowest BCUT2D eigenvalue weighted by atomic mass is 10.0. The van der Waals surface area contributed by atoms with Gasteiger partial charge in [0.15, 0.2) is 0 Å². The summed E-state index contributed by atoms with van der Waals surface area (Å²) < 4.78 is 4.59. The van der Waals surface area contributed by atoms with E-state index in [0.717, 1.165) is 38.5 Å². The lowest BCUT2D eigenvalue weighted by Gasteiger charge is -2.08. The molecule has 3 nitrogen and oxygen atoms in total. The van der Waals surface area contributed by atoms with Crippen LogP contribution in [0.2, 0.25) is 0 Å². The summed E-state index contributed by atoms with van der Waals surface area (Å²) in [6, 6.07) is 0. The topological polar surface area (TPSA) is 46.5 Å². The quantitative estimate of drug-likeness (QED) is 0.427. The van der Waals surface area contributed by atoms with E-state index in [1.165, 1.54) is 32.8 Å². The van der Waals surface area contributed by atoms with Crippen molar-refractivity contribution in [3.05, 3.63) is 0 Å². The number of ether oxygens (including phenoxy) is 1. The minimum absolute atomic E-state index is 0.0879. The van der Waals surface area contributed by atoms with Crippen LogP contribution in [0.3, 0.4) is 0 Å². The van der Waals surface area contributed by atoms with E-state index < -0.39 is 0 Å². The molecule has 0 aromatic carbocycles. The molecule has 1 N–H and O–H groups in total. The molecule has 0 aliphatic heterocycles. The molecule has 0 aliphatic carbocycles. The van der Waals surface area contributed by atoms with Gasteiger partial charge in [0.25, 0.3) is 0 Å². The van der Waals surface area contributed by atoms with Crippen LogP contribution in [-0.2, 0) is 9.53 Å². The van der Waals surface area contributed by atoms with E-state index in [1.807, 2.05) is 0 Å². The fraction of sp³-hybridized carbons (Fsp3) is 0.933. The van der Waals surface area contributed by atoms with Gasteiger partial charge in [0.05, 0.1) is 13.2 Å². The van der Waals surface area contributed by atoms with Gasteiger partial charge in [0, 0.05) is 6.42 Å². The van der Waals surface area contributed by atoms with Crippen LogP contribution in [0.5, 0.6) is 0 Å². The Hall–Kier alpha value is -0.570. The summed E-state index contributed by atoms with van der Waals surface area (Å²) in [4.78, 5) is 10.9. The predicted molar refractivity (Wildman–Crippen MR) is 74.5 cm³/mol. The maximum absolute atomic E-state index is 10.9. The molecule has 0 saturated carbocycles. The first kappa shape index (κ1) is 17.4. The molecule has 0 heterocycles. The predicted octanol–water partition coefficient (Wildman–Crippen LogP) is 3.83. The van der Waals surface area contributed by atoms with E-state index in [-0.39, 0.29) is 12.1 Å². The molecule has 0 bridgehead atoms. The van der Waals surface area contributed by atoms with Crippen molar-refractivity contribution in [3.8, 4) is 0 Å². The molecule has 0 aromatic heterocycles. The number of esters is 1. The Labute approximate surface area is 112 Å². The Kier molecular flexibility index (Phi) is 12.5. The number of hydrogen-bond donors (Lipinski definition) is 1. The normalized spacial score (nSPS) is 12.4. The van der Waals surface area contributed by atoms with Gasteiger partial charge < -0.3 is 9.84 Å². The maximum atomic E-state index is 10.9.